The van der Waals surface area contributed by atoms with Crippen LogP contribution in [0.15, 0.2) is 0 Å². The third-order valence-corrected chi connectivity index (χ3v) is 2.25. The summed E-state index contributed by atoms with van der Waals surface area (Å²) in [6.45, 7) is 1.13. The van der Waals surface area contributed by atoms with E-state index in [0.717, 1.165) is 6.92 Å². The summed E-state index contributed by atoms with van der Waals surface area (Å²) in [5.41, 5.74) is -2.71. The molecule has 0 saturated heterocycles. The van der Waals surface area contributed by atoms with Crippen LogP contribution in [0.2, 0.25) is 0 Å². The van der Waals surface area contributed by atoms with Crippen LogP contribution in [0.1, 0.15) is 19.8 Å². The number of halogens is 5. The normalized spacial score (nSPS) is 35.5. The Kier molecular flexibility index (Phi) is 1.49. The van der Waals surface area contributed by atoms with Crippen LogP contribution in [0.3, 0.4) is 0 Å². The van der Waals surface area contributed by atoms with Gasteiger partial charge in [0.15, 0.2) is 0 Å². The molecule has 0 aliphatic heterocycles. The van der Waals surface area contributed by atoms with Gasteiger partial charge in [0.05, 0.1) is 0 Å². The predicted octanol–water partition coefficient (Wildman–Crippen LogP) is 2.98. The minimum absolute atomic E-state index is 0.538. The lowest BCUT2D eigenvalue weighted by molar-refractivity contribution is -0.212. The van der Waals surface area contributed by atoms with Gasteiger partial charge in [-0.3, -0.25) is 0 Å². The molecular formula is C6H7F5. The molecule has 0 nitrogen and oxygen atoms in total. The highest BCUT2D eigenvalue weighted by atomic mass is 19.4. The van der Waals surface area contributed by atoms with Gasteiger partial charge in [-0.2, -0.15) is 13.2 Å². The smallest absolute Gasteiger partial charge is 0.206 e. The first kappa shape index (κ1) is 8.74. The topological polar surface area (TPSA) is 0 Å². The Labute approximate surface area is 60.4 Å². The van der Waals surface area contributed by atoms with E-state index in [-0.39, 0.29) is 0 Å². The SMILES string of the molecule is CCC1(C(F)(F)F)CC1(F)F. The van der Waals surface area contributed by atoms with Crippen LogP contribution in [0.5, 0.6) is 0 Å². The molecule has 1 fully saturated rings. The molecule has 0 spiro atoms. The lowest BCUT2D eigenvalue weighted by Gasteiger charge is -2.17. The van der Waals surface area contributed by atoms with Crippen molar-refractivity contribution in [2.75, 3.05) is 0 Å². The molecule has 1 aliphatic carbocycles. The van der Waals surface area contributed by atoms with Crippen molar-refractivity contribution in [2.45, 2.75) is 31.9 Å². The first-order valence-electron chi connectivity index (χ1n) is 3.21. The molecule has 0 bridgehead atoms. The molecule has 0 N–H and O–H groups in total. The second-order valence-corrected chi connectivity index (χ2v) is 2.81. The molecular weight excluding hydrogens is 167 g/mol. The van der Waals surface area contributed by atoms with Crippen LogP contribution in [0.25, 0.3) is 0 Å². The van der Waals surface area contributed by atoms with E-state index >= 15 is 0 Å². The van der Waals surface area contributed by atoms with Gasteiger partial charge in [-0.1, -0.05) is 6.92 Å². The van der Waals surface area contributed by atoms with Crippen LogP contribution in [-0.2, 0) is 0 Å². The van der Waals surface area contributed by atoms with Gasteiger partial charge in [0.2, 0.25) is 0 Å². The summed E-state index contributed by atoms with van der Waals surface area (Å²) in [5.74, 6) is -3.53. The van der Waals surface area contributed by atoms with Crippen molar-refractivity contribution >= 4 is 0 Å². The fraction of sp³-hybridized carbons (Fsp3) is 1.00. The molecule has 11 heavy (non-hydrogen) atoms. The maximum atomic E-state index is 12.2. The van der Waals surface area contributed by atoms with Gasteiger partial charge in [0.1, 0.15) is 5.41 Å². The van der Waals surface area contributed by atoms with Gasteiger partial charge in [0, 0.05) is 6.42 Å². The molecule has 1 rings (SSSR count). The van der Waals surface area contributed by atoms with Crippen molar-refractivity contribution in [1.29, 1.82) is 0 Å². The third kappa shape index (κ3) is 0.929. The Balaban J connectivity index is 2.84. The molecule has 1 unspecified atom stereocenters. The van der Waals surface area contributed by atoms with E-state index in [9.17, 15) is 22.0 Å². The predicted molar refractivity (Wildman–Crippen MR) is 28.3 cm³/mol. The molecule has 0 aromatic carbocycles. The zero-order valence-corrected chi connectivity index (χ0v) is 5.80. The Bertz CT molecular complexity index is 170. The lowest BCUT2D eigenvalue weighted by Crippen LogP contribution is -2.29. The van der Waals surface area contributed by atoms with E-state index in [2.05, 4.69) is 0 Å². The van der Waals surface area contributed by atoms with Crippen LogP contribution in [0, 0.1) is 5.41 Å². The Morgan fingerprint density at radius 3 is 1.64 bits per heavy atom. The standard InChI is InChI=1S/C6H7F5/c1-2-4(6(9,10)11)3-5(4,7)8/h2-3H2,1H3. The van der Waals surface area contributed by atoms with Gasteiger partial charge < -0.3 is 0 Å². The third-order valence-electron chi connectivity index (χ3n) is 2.25. The largest absolute Gasteiger partial charge is 0.400 e. The summed E-state index contributed by atoms with van der Waals surface area (Å²) in [6.07, 6.45) is -6.34. The fourth-order valence-corrected chi connectivity index (χ4v) is 1.23. The molecule has 66 valence electrons. The second-order valence-electron chi connectivity index (χ2n) is 2.81. The number of hydrogen-bond acceptors (Lipinski definition) is 0. The molecule has 0 aromatic rings. The average molecular weight is 174 g/mol. The van der Waals surface area contributed by atoms with Crippen molar-refractivity contribution < 1.29 is 22.0 Å². The summed E-state index contributed by atoms with van der Waals surface area (Å²) >= 11 is 0. The molecule has 0 amide bonds. The van der Waals surface area contributed by atoms with Crippen LogP contribution in [0.4, 0.5) is 22.0 Å². The van der Waals surface area contributed by atoms with Gasteiger partial charge in [-0.25, -0.2) is 8.78 Å². The summed E-state index contributed by atoms with van der Waals surface area (Å²) in [5, 5.41) is 0. The summed E-state index contributed by atoms with van der Waals surface area (Å²) in [6, 6.07) is 0. The number of alkyl halides is 5. The van der Waals surface area contributed by atoms with Crippen molar-refractivity contribution in [3.05, 3.63) is 0 Å². The van der Waals surface area contributed by atoms with Crippen LogP contribution >= 0.6 is 0 Å². The highest BCUT2D eigenvalue weighted by molar-refractivity contribution is 5.13. The van der Waals surface area contributed by atoms with Crippen LogP contribution < -0.4 is 0 Å². The van der Waals surface area contributed by atoms with E-state index in [1.165, 1.54) is 0 Å². The van der Waals surface area contributed by atoms with Crippen molar-refractivity contribution in [3.63, 3.8) is 0 Å². The number of hydrogen-bond donors (Lipinski definition) is 0. The second kappa shape index (κ2) is 1.87. The van der Waals surface area contributed by atoms with E-state index < -0.39 is 30.4 Å². The summed E-state index contributed by atoms with van der Waals surface area (Å²) in [7, 11) is 0. The first-order chi connectivity index (χ1) is 4.77. The van der Waals surface area contributed by atoms with Gasteiger partial charge >= 0.3 is 6.18 Å². The van der Waals surface area contributed by atoms with E-state index in [1.807, 2.05) is 0 Å². The molecule has 5 heteroatoms. The quantitative estimate of drug-likeness (QED) is 0.536. The number of rotatable bonds is 1. The highest BCUT2D eigenvalue weighted by Crippen LogP contribution is 2.69. The van der Waals surface area contributed by atoms with Crippen LogP contribution in [-0.4, -0.2) is 12.1 Å². The minimum atomic E-state index is -4.76. The van der Waals surface area contributed by atoms with Gasteiger partial charge in [-0.15, -0.1) is 0 Å². The summed E-state index contributed by atoms with van der Waals surface area (Å²) < 4.78 is 60.2. The van der Waals surface area contributed by atoms with E-state index in [4.69, 9.17) is 0 Å². The Hall–Kier alpha value is -0.350. The van der Waals surface area contributed by atoms with Gasteiger partial charge in [-0.05, 0) is 6.42 Å². The fourth-order valence-electron chi connectivity index (χ4n) is 1.23. The van der Waals surface area contributed by atoms with E-state index in [0.29, 0.717) is 0 Å². The first-order valence-corrected chi connectivity index (χ1v) is 3.21. The molecule has 0 radical (unpaired) electrons. The molecule has 1 aliphatic rings. The monoisotopic (exact) mass is 174 g/mol. The average Bonchev–Trinajstić information content (AvgIpc) is 2.33. The zero-order chi connectivity index (χ0) is 8.91. The maximum Gasteiger partial charge on any atom is 0.400 e. The Morgan fingerprint density at radius 2 is 1.64 bits per heavy atom. The zero-order valence-electron chi connectivity index (χ0n) is 5.80. The van der Waals surface area contributed by atoms with Crippen molar-refractivity contribution in [3.8, 4) is 0 Å². The molecule has 1 saturated carbocycles. The minimum Gasteiger partial charge on any atom is -0.206 e. The Morgan fingerprint density at radius 1 is 1.27 bits per heavy atom. The van der Waals surface area contributed by atoms with Gasteiger partial charge in [0.25, 0.3) is 5.92 Å². The molecule has 0 aromatic heterocycles. The van der Waals surface area contributed by atoms with Crippen molar-refractivity contribution in [1.82, 2.24) is 0 Å². The van der Waals surface area contributed by atoms with Crippen molar-refractivity contribution in [2.24, 2.45) is 5.41 Å². The lowest BCUT2D eigenvalue weighted by atomic mass is 10.0. The highest BCUT2D eigenvalue weighted by Gasteiger charge is 2.82. The van der Waals surface area contributed by atoms with E-state index in [1.54, 1.807) is 0 Å². The molecule has 1 atom stereocenters. The summed E-state index contributed by atoms with van der Waals surface area (Å²) in [4.78, 5) is 0. The molecule has 0 heterocycles. The maximum absolute atomic E-state index is 12.2.